The lowest BCUT2D eigenvalue weighted by molar-refractivity contribution is 0.220. The fraction of sp³-hybridized carbons (Fsp3) is 0.118. The first-order chi connectivity index (χ1) is 11.5. The third-order valence-electron chi connectivity index (χ3n) is 3.45. The van der Waals surface area contributed by atoms with Crippen LogP contribution in [0.5, 0.6) is 5.75 Å². The minimum atomic E-state index is -3.77. The fourth-order valence-corrected chi connectivity index (χ4v) is 3.75. The van der Waals surface area contributed by atoms with Crippen LogP contribution in [0.25, 0.3) is 0 Å². The van der Waals surface area contributed by atoms with E-state index in [1.165, 1.54) is 18.3 Å². The second kappa shape index (κ2) is 6.67. The van der Waals surface area contributed by atoms with Crippen molar-refractivity contribution in [1.29, 1.82) is 0 Å². The molecule has 0 amide bonds. The number of benzene rings is 2. The first kappa shape index (κ1) is 16.5. The van der Waals surface area contributed by atoms with Gasteiger partial charge in [-0.05, 0) is 49.4 Å². The van der Waals surface area contributed by atoms with Gasteiger partial charge in [0.05, 0.1) is 16.8 Å². The summed E-state index contributed by atoms with van der Waals surface area (Å²) in [6.45, 7) is 1.77. The largest absolute Gasteiger partial charge is 0.484 e. The van der Waals surface area contributed by atoms with Crippen molar-refractivity contribution in [2.45, 2.75) is 17.9 Å². The Balaban J connectivity index is 1.91. The summed E-state index contributed by atoms with van der Waals surface area (Å²) in [5, 5.41) is 4.57. The highest BCUT2D eigenvalue weighted by Crippen LogP contribution is 2.25. The predicted molar refractivity (Wildman–Crippen MR) is 91.7 cm³/mol. The molecule has 0 saturated heterocycles. The van der Waals surface area contributed by atoms with Crippen LogP contribution in [0, 0.1) is 0 Å². The average Bonchev–Trinajstić information content (AvgIpc) is 3.08. The number of nitrogens with zero attached hydrogens (tertiary/aromatic N) is 2. The summed E-state index contributed by atoms with van der Waals surface area (Å²) in [6.07, 6.45) is 0.935. The van der Waals surface area contributed by atoms with E-state index in [1.54, 1.807) is 55.5 Å². The van der Waals surface area contributed by atoms with E-state index in [1.807, 2.05) is 0 Å². The molecule has 7 heteroatoms. The molecule has 124 valence electrons. The van der Waals surface area contributed by atoms with Crippen molar-refractivity contribution in [3.05, 3.63) is 77.6 Å². The van der Waals surface area contributed by atoms with Gasteiger partial charge < -0.3 is 4.74 Å². The van der Waals surface area contributed by atoms with Crippen LogP contribution in [0.1, 0.15) is 18.7 Å². The van der Waals surface area contributed by atoms with Crippen molar-refractivity contribution < 1.29 is 13.2 Å². The highest BCUT2D eigenvalue weighted by molar-refractivity contribution is 7.89. The van der Waals surface area contributed by atoms with Gasteiger partial charge >= 0.3 is 0 Å². The van der Waals surface area contributed by atoms with Gasteiger partial charge in [0.15, 0.2) is 0 Å². The molecular formula is C17H15ClN2O3S. The molecule has 0 bridgehead atoms. The van der Waals surface area contributed by atoms with Crippen LogP contribution in [-0.2, 0) is 10.0 Å². The van der Waals surface area contributed by atoms with Gasteiger partial charge in [-0.25, -0.2) is 0 Å². The average molecular weight is 363 g/mol. The summed E-state index contributed by atoms with van der Waals surface area (Å²) in [6, 6.07) is 16.7. The zero-order valence-corrected chi connectivity index (χ0v) is 14.4. The smallest absolute Gasteiger partial charge is 0.283 e. The number of halogens is 1. The molecule has 0 spiro atoms. The van der Waals surface area contributed by atoms with Gasteiger partial charge in [0.2, 0.25) is 0 Å². The van der Waals surface area contributed by atoms with Crippen molar-refractivity contribution >= 4 is 21.6 Å². The van der Waals surface area contributed by atoms with Crippen molar-refractivity contribution in [1.82, 2.24) is 9.19 Å². The van der Waals surface area contributed by atoms with Crippen LogP contribution in [0.2, 0.25) is 5.02 Å². The lowest BCUT2D eigenvalue weighted by Gasteiger charge is -2.16. The molecule has 0 fully saturated rings. The molecule has 2 aromatic carbocycles. The van der Waals surface area contributed by atoms with Gasteiger partial charge in [0, 0.05) is 5.02 Å². The normalized spacial score (nSPS) is 12.8. The highest BCUT2D eigenvalue weighted by Gasteiger charge is 2.24. The summed E-state index contributed by atoms with van der Waals surface area (Å²) in [5.74, 6) is 0.594. The first-order valence-electron chi connectivity index (χ1n) is 7.25. The number of hydrogen-bond donors (Lipinski definition) is 0. The Hall–Kier alpha value is -2.31. The first-order valence-corrected chi connectivity index (χ1v) is 9.07. The van der Waals surface area contributed by atoms with Crippen LogP contribution in [0.4, 0.5) is 0 Å². The Morgan fingerprint density at radius 3 is 2.38 bits per heavy atom. The van der Waals surface area contributed by atoms with Crippen molar-refractivity contribution in [2.24, 2.45) is 0 Å². The van der Waals surface area contributed by atoms with E-state index in [4.69, 9.17) is 16.3 Å². The van der Waals surface area contributed by atoms with Crippen LogP contribution >= 0.6 is 11.6 Å². The molecule has 3 aromatic rings. The molecule has 0 unspecified atom stereocenters. The predicted octanol–water partition coefficient (Wildman–Crippen LogP) is 3.91. The zero-order chi connectivity index (χ0) is 17.2. The maximum atomic E-state index is 12.7. The van der Waals surface area contributed by atoms with Crippen LogP contribution < -0.4 is 4.74 Å². The van der Waals surface area contributed by atoms with Gasteiger partial charge in [-0.2, -0.15) is 17.6 Å². The second-order valence-electron chi connectivity index (χ2n) is 5.13. The van der Waals surface area contributed by atoms with E-state index in [2.05, 4.69) is 5.10 Å². The molecule has 24 heavy (non-hydrogen) atoms. The number of rotatable bonds is 5. The summed E-state index contributed by atoms with van der Waals surface area (Å²) >= 11 is 5.85. The van der Waals surface area contributed by atoms with Crippen LogP contribution in [0.3, 0.4) is 0 Å². The summed E-state index contributed by atoms with van der Waals surface area (Å²) in [4.78, 5) is 0.175. The monoisotopic (exact) mass is 362 g/mol. The van der Waals surface area contributed by atoms with E-state index in [0.29, 0.717) is 16.5 Å². The minimum Gasteiger partial charge on any atom is -0.484 e. The van der Waals surface area contributed by atoms with Gasteiger partial charge in [-0.15, -0.1) is 0 Å². The molecule has 0 aliphatic rings. The Bertz CT molecular complexity index is 922. The molecule has 1 heterocycles. The fourth-order valence-electron chi connectivity index (χ4n) is 2.26. The van der Waals surface area contributed by atoms with Crippen LogP contribution in [-0.4, -0.2) is 17.6 Å². The molecule has 5 nitrogen and oxygen atoms in total. The lowest BCUT2D eigenvalue weighted by Crippen LogP contribution is -2.20. The van der Waals surface area contributed by atoms with Crippen molar-refractivity contribution in [2.75, 3.05) is 0 Å². The Labute approximate surface area is 145 Å². The van der Waals surface area contributed by atoms with Crippen LogP contribution in [0.15, 0.2) is 71.8 Å². The van der Waals surface area contributed by atoms with E-state index in [-0.39, 0.29) is 4.90 Å². The Kier molecular flexibility index (Phi) is 4.59. The summed E-state index contributed by atoms with van der Waals surface area (Å²) < 4.78 is 32.3. The SMILES string of the molecule is C[C@@H](Oc1ccc(Cl)cc1)c1ccnn1S(=O)(=O)c1ccccc1. The van der Waals surface area contributed by atoms with Crippen molar-refractivity contribution in [3.8, 4) is 5.75 Å². The third kappa shape index (κ3) is 3.29. The summed E-state index contributed by atoms with van der Waals surface area (Å²) in [5.41, 5.74) is 0.439. The molecular weight excluding hydrogens is 348 g/mol. The molecule has 0 aliphatic heterocycles. The topological polar surface area (TPSA) is 61.2 Å². The second-order valence-corrected chi connectivity index (χ2v) is 7.33. The van der Waals surface area contributed by atoms with E-state index >= 15 is 0 Å². The molecule has 0 N–H and O–H groups in total. The maximum Gasteiger partial charge on any atom is 0.283 e. The Morgan fingerprint density at radius 2 is 1.71 bits per heavy atom. The molecule has 3 rings (SSSR count). The Morgan fingerprint density at radius 1 is 1.04 bits per heavy atom. The van der Waals surface area contributed by atoms with E-state index < -0.39 is 16.1 Å². The molecule has 0 saturated carbocycles. The third-order valence-corrected chi connectivity index (χ3v) is 5.33. The standard InChI is InChI=1S/C17H15ClN2O3S/c1-13(23-15-9-7-14(18)8-10-15)17-11-12-19-20(17)24(21,22)16-5-3-2-4-6-16/h2-13H,1H3/t13-/m1/s1. The van der Waals surface area contributed by atoms with E-state index in [9.17, 15) is 8.42 Å². The zero-order valence-electron chi connectivity index (χ0n) is 12.8. The molecule has 0 radical (unpaired) electrons. The van der Waals surface area contributed by atoms with Gasteiger partial charge in [0.25, 0.3) is 10.0 Å². The van der Waals surface area contributed by atoms with Gasteiger partial charge in [0.1, 0.15) is 11.9 Å². The maximum absolute atomic E-state index is 12.7. The molecule has 1 atom stereocenters. The number of hydrogen-bond acceptors (Lipinski definition) is 4. The highest BCUT2D eigenvalue weighted by atomic mass is 35.5. The van der Waals surface area contributed by atoms with Crippen molar-refractivity contribution in [3.63, 3.8) is 0 Å². The molecule has 1 aromatic heterocycles. The number of ether oxygens (including phenoxy) is 1. The quantitative estimate of drug-likeness (QED) is 0.690. The minimum absolute atomic E-state index is 0.175. The van der Waals surface area contributed by atoms with E-state index in [0.717, 1.165) is 4.09 Å². The summed E-state index contributed by atoms with van der Waals surface area (Å²) in [7, 11) is -3.77. The number of aromatic nitrogens is 2. The lowest BCUT2D eigenvalue weighted by atomic mass is 10.3. The van der Waals surface area contributed by atoms with Gasteiger partial charge in [-0.3, -0.25) is 0 Å². The van der Waals surface area contributed by atoms with Gasteiger partial charge in [-0.1, -0.05) is 29.8 Å². The molecule has 0 aliphatic carbocycles.